The number of guanidine groups is 1. The fourth-order valence-electron chi connectivity index (χ4n) is 5.11. The quantitative estimate of drug-likeness (QED) is 0.342. The molecule has 0 aliphatic carbocycles. The summed E-state index contributed by atoms with van der Waals surface area (Å²) in [5.74, 6) is 1.79. The molecular weight excluding hydrogens is 531 g/mol. The van der Waals surface area contributed by atoms with Crippen LogP contribution in [-0.4, -0.2) is 81.3 Å². The van der Waals surface area contributed by atoms with E-state index in [1.807, 2.05) is 11.9 Å². The number of hydrogen-bond donors (Lipinski definition) is 1. The Hall–Kier alpha value is -1.39. The van der Waals surface area contributed by atoms with Gasteiger partial charge in [-0.2, -0.15) is 0 Å². The van der Waals surface area contributed by atoms with Gasteiger partial charge in [0.15, 0.2) is 5.96 Å². The van der Waals surface area contributed by atoms with Gasteiger partial charge in [-0.05, 0) is 38.2 Å². The third-order valence-electron chi connectivity index (χ3n) is 7.05. The number of carbonyl (C=O) groups is 1. The van der Waals surface area contributed by atoms with Crippen molar-refractivity contribution in [3.63, 3.8) is 0 Å². The van der Waals surface area contributed by atoms with Crippen LogP contribution in [0.3, 0.4) is 0 Å². The average Bonchev–Trinajstić information content (AvgIpc) is 2.86. The second-order valence-electron chi connectivity index (χ2n) is 9.23. The predicted octanol–water partition coefficient (Wildman–Crippen LogP) is 3.23. The number of rotatable bonds is 4. The first-order valence-corrected chi connectivity index (χ1v) is 12.2. The van der Waals surface area contributed by atoms with Crippen LogP contribution in [0.15, 0.2) is 29.3 Å². The van der Waals surface area contributed by atoms with E-state index in [-0.39, 0.29) is 36.0 Å². The van der Waals surface area contributed by atoms with E-state index in [4.69, 9.17) is 9.47 Å². The Morgan fingerprint density at radius 3 is 2.39 bits per heavy atom. The maximum atomic E-state index is 12.8. The molecule has 3 aliphatic heterocycles. The normalized spacial score (nSPS) is 24.8. The highest BCUT2D eigenvalue weighted by molar-refractivity contribution is 14.0. The molecule has 3 heterocycles. The molecular formula is C25H39IN4O3. The molecule has 0 spiro atoms. The second-order valence-corrected chi connectivity index (χ2v) is 9.23. The monoisotopic (exact) mass is 570 g/mol. The van der Waals surface area contributed by atoms with Gasteiger partial charge in [-0.25, -0.2) is 0 Å². The van der Waals surface area contributed by atoms with Gasteiger partial charge in [0.2, 0.25) is 5.91 Å². The number of hydrogen-bond acceptors (Lipinski definition) is 4. The first-order valence-electron chi connectivity index (χ1n) is 12.2. The minimum Gasteiger partial charge on any atom is -0.378 e. The maximum absolute atomic E-state index is 12.8. The lowest BCUT2D eigenvalue weighted by atomic mass is 9.89. The van der Waals surface area contributed by atoms with E-state index in [9.17, 15) is 4.79 Å². The highest BCUT2D eigenvalue weighted by atomic mass is 127. The molecule has 0 saturated carbocycles. The van der Waals surface area contributed by atoms with Gasteiger partial charge < -0.3 is 24.6 Å². The number of likely N-dealkylation sites (tertiary alicyclic amines) is 1. The highest BCUT2D eigenvalue weighted by Crippen LogP contribution is 2.33. The van der Waals surface area contributed by atoms with Crippen LogP contribution in [0.1, 0.15) is 42.9 Å². The van der Waals surface area contributed by atoms with Crippen molar-refractivity contribution in [2.45, 2.75) is 38.7 Å². The van der Waals surface area contributed by atoms with Crippen LogP contribution < -0.4 is 5.32 Å². The molecule has 184 valence electrons. The van der Waals surface area contributed by atoms with E-state index in [1.54, 1.807) is 0 Å². The SMILES string of the molecule is CN=C(NCC1CCCOC1c1ccc(C)cc1)N1CCC(C(=O)N2CCOCC2)CC1.I. The first-order chi connectivity index (χ1) is 15.7. The van der Waals surface area contributed by atoms with Crippen molar-refractivity contribution < 1.29 is 14.3 Å². The summed E-state index contributed by atoms with van der Waals surface area (Å²) in [6.07, 6.45) is 4.15. The third kappa shape index (κ3) is 6.82. The first kappa shape index (κ1) is 26.2. The summed E-state index contributed by atoms with van der Waals surface area (Å²) in [6.45, 7) is 8.30. The van der Waals surface area contributed by atoms with Crippen molar-refractivity contribution in [3.8, 4) is 0 Å². The summed E-state index contributed by atoms with van der Waals surface area (Å²) in [5, 5.41) is 3.61. The van der Waals surface area contributed by atoms with E-state index in [0.717, 1.165) is 71.0 Å². The van der Waals surface area contributed by atoms with Crippen LogP contribution >= 0.6 is 24.0 Å². The summed E-state index contributed by atoms with van der Waals surface area (Å²) >= 11 is 0. The molecule has 2 atom stereocenters. The van der Waals surface area contributed by atoms with Crippen LogP contribution in [0, 0.1) is 18.8 Å². The third-order valence-corrected chi connectivity index (χ3v) is 7.05. The molecule has 4 rings (SSSR count). The van der Waals surface area contributed by atoms with E-state index in [2.05, 4.69) is 46.4 Å². The number of ether oxygens (including phenoxy) is 2. The van der Waals surface area contributed by atoms with Gasteiger partial charge >= 0.3 is 0 Å². The molecule has 2 unspecified atom stereocenters. The van der Waals surface area contributed by atoms with E-state index < -0.39 is 0 Å². The minimum absolute atomic E-state index is 0. The molecule has 8 heteroatoms. The topological polar surface area (TPSA) is 66.4 Å². The number of carbonyl (C=O) groups excluding carboxylic acids is 1. The fourth-order valence-corrected chi connectivity index (χ4v) is 5.11. The molecule has 1 aromatic carbocycles. The number of nitrogens with one attached hydrogen (secondary N) is 1. The maximum Gasteiger partial charge on any atom is 0.225 e. The molecule has 0 radical (unpaired) electrons. The average molecular weight is 571 g/mol. The Bertz CT molecular complexity index is 774. The van der Waals surface area contributed by atoms with E-state index in [0.29, 0.717) is 25.0 Å². The van der Waals surface area contributed by atoms with Gasteiger partial charge in [-0.1, -0.05) is 29.8 Å². The van der Waals surface area contributed by atoms with Gasteiger partial charge in [-0.3, -0.25) is 9.79 Å². The van der Waals surface area contributed by atoms with E-state index >= 15 is 0 Å². The summed E-state index contributed by atoms with van der Waals surface area (Å²) < 4.78 is 11.6. The zero-order chi connectivity index (χ0) is 22.3. The van der Waals surface area contributed by atoms with Crippen molar-refractivity contribution in [2.24, 2.45) is 16.8 Å². The predicted molar refractivity (Wildman–Crippen MR) is 141 cm³/mol. The van der Waals surface area contributed by atoms with Gasteiger partial charge in [-0.15, -0.1) is 24.0 Å². The van der Waals surface area contributed by atoms with Crippen molar-refractivity contribution >= 4 is 35.8 Å². The van der Waals surface area contributed by atoms with Crippen molar-refractivity contribution in [1.82, 2.24) is 15.1 Å². The van der Waals surface area contributed by atoms with Crippen LogP contribution in [0.2, 0.25) is 0 Å². The van der Waals surface area contributed by atoms with Crippen LogP contribution in [0.25, 0.3) is 0 Å². The summed E-state index contributed by atoms with van der Waals surface area (Å²) in [5.41, 5.74) is 2.54. The lowest BCUT2D eigenvalue weighted by molar-refractivity contribution is -0.140. The zero-order valence-corrected chi connectivity index (χ0v) is 22.3. The Labute approximate surface area is 215 Å². The number of amides is 1. The molecule has 1 N–H and O–H groups in total. The number of halogens is 1. The summed E-state index contributed by atoms with van der Waals surface area (Å²) in [4.78, 5) is 21.6. The van der Waals surface area contributed by atoms with Crippen LogP contribution in [0.5, 0.6) is 0 Å². The second kappa shape index (κ2) is 12.9. The molecule has 3 fully saturated rings. The van der Waals surface area contributed by atoms with Gasteiger partial charge in [0.1, 0.15) is 0 Å². The van der Waals surface area contributed by atoms with Gasteiger partial charge in [0.05, 0.1) is 19.3 Å². The lowest BCUT2D eigenvalue weighted by Crippen LogP contribution is -2.50. The molecule has 1 amide bonds. The molecule has 3 aliphatic rings. The van der Waals surface area contributed by atoms with Crippen molar-refractivity contribution in [2.75, 3.05) is 59.6 Å². The molecule has 3 saturated heterocycles. The number of aryl methyl sites for hydroxylation is 1. The molecule has 7 nitrogen and oxygen atoms in total. The molecule has 0 bridgehead atoms. The summed E-state index contributed by atoms with van der Waals surface area (Å²) in [6, 6.07) is 8.73. The standard InChI is InChI=1S/C25H38N4O3.HI/c1-19-5-7-20(8-6-19)23-22(4-3-15-32-23)18-27-25(26-2)29-11-9-21(10-12-29)24(30)28-13-16-31-17-14-28;/h5-8,21-23H,3-4,9-18H2,1-2H3,(H,26,27);1H. The zero-order valence-electron chi connectivity index (χ0n) is 20.0. The smallest absolute Gasteiger partial charge is 0.225 e. The molecule has 33 heavy (non-hydrogen) atoms. The Morgan fingerprint density at radius 2 is 1.73 bits per heavy atom. The van der Waals surface area contributed by atoms with Crippen LogP contribution in [-0.2, 0) is 14.3 Å². The number of aliphatic imine (C=N–C) groups is 1. The lowest BCUT2D eigenvalue weighted by Gasteiger charge is -2.38. The minimum atomic E-state index is 0. The molecule has 0 aromatic heterocycles. The van der Waals surface area contributed by atoms with E-state index in [1.165, 1.54) is 11.1 Å². The molecule has 1 aromatic rings. The van der Waals surface area contributed by atoms with Crippen LogP contribution in [0.4, 0.5) is 0 Å². The van der Waals surface area contributed by atoms with Gasteiger partial charge in [0, 0.05) is 58.2 Å². The van der Waals surface area contributed by atoms with Gasteiger partial charge in [0.25, 0.3) is 0 Å². The Kier molecular flexibility index (Phi) is 10.2. The number of nitrogens with zero attached hydrogens (tertiary/aromatic N) is 3. The largest absolute Gasteiger partial charge is 0.378 e. The fraction of sp³-hybridized carbons (Fsp3) is 0.680. The number of benzene rings is 1. The number of morpholine rings is 1. The van der Waals surface area contributed by atoms with Crippen molar-refractivity contribution in [1.29, 1.82) is 0 Å². The highest BCUT2D eigenvalue weighted by Gasteiger charge is 2.31. The summed E-state index contributed by atoms with van der Waals surface area (Å²) in [7, 11) is 1.85. The van der Waals surface area contributed by atoms with Crippen molar-refractivity contribution in [3.05, 3.63) is 35.4 Å². The Morgan fingerprint density at radius 1 is 1.03 bits per heavy atom. The Balaban J connectivity index is 0.00000306. The number of piperidine rings is 1.